The number of hydrogen-bond acceptors (Lipinski definition) is 5. The fourth-order valence-corrected chi connectivity index (χ4v) is 3.88. The molecule has 0 bridgehead atoms. The number of nitrogens with one attached hydrogen (secondary N) is 1. The molecule has 3 aromatic rings. The number of thiazole rings is 1. The first-order valence-electron chi connectivity index (χ1n) is 8.17. The number of nitrogens with zero attached hydrogens (tertiary/aromatic N) is 1. The van der Waals surface area contributed by atoms with Gasteiger partial charge in [0.05, 0.1) is 10.0 Å². The number of anilines is 1. The summed E-state index contributed by atoms with van der Waals surface area (Å²) in [5.74, 6) is 0.891. The zero-order valence-corrected chi connectivity index (χ0v) is 16.3. The number of amides is 1. The molecule has 2 heterocycles. The van der Waals surface area contributed by atoms with E-state index >= 15 is 0 Å². The van der Waals surface area contributed by atoms with Crippen LogP contribution in [0.1, 0.15) is 10.4 Å². The minimum Gasteiger partial charge on any atom is -0.485 e. The SMILES string of the molecule is O=C(Nc1ncc(Cc2cccc(Cl)c2Cl)s1)C1COc2ccccc2O1. The standard InChI is InChI=1S/C19H14Cl2N2O3S/c20-13-5-3-4-11(17(13)21)8-12-9-22-19(27-12)23-18(24)16-10-25-14-6-1-2-7-15(14)26-16/h1-7,9,16H,8,10H2,(H,22,23,24). The highest BCUT2D eigenvalue weighted by molar-refractivity contribution is 7.15. The van der Waals surface area contributed by atoms with E-state index in [1.165, 1.54) is 11.3 Å². The molecular formula is C19H14Cl2N2O3S. The zero-order valence-electron chi connectivity index (χ0n) is 13.9. The fourth-order valence-electron chi connectivity index (χ4n) is 2.65. The van der Waals surface area contributed by atoms with Crippen LogP contribution in [0.4, 0.5) is 5.13 Å². The largest absolute Gasteiger partial charge is 0.485 e. The molecule has 0 aliphatic carbocycles. The van der Waals surface area contributed by atoms with Crippen molar-refractivity contribution in [1.82, 2.24) is 4.98 Å². The van der Waals surface area contributed by atoms with E-state index in [0.717, 1.165) is 10.4 Å². The molecular weight excluding hydrogens is 407 g/mol. The van der Waals surface area contributed by atoms with E-state index in [9.17, 15) is 4.79 Å². The highest BCUT2D eigenvalue weighted by Crippen LogP contribution is 2.32. The molecule has 1 aromatic heterocycles. The molecule has 4 rings (SSSR count). The molecule has 0 saturated heterocycles. The van der Waals surface area contributed by atoms with Crippen molar-refractivity contribution in [2.45, 2.75) is 12.5 Å². The zero-order chi connectivity index (χ0) is 18.8. The van der Waals surface area contributed by atoms with Crippen LogP contribution >= 0.6 is 34.5 Å². The minimum atomic E-state index is -0.727. The van der Waals surface area contributed by atoms with Crippen LogP contribution in [0, 0.1) is 0 Å². The van der Waals surface area contributed by atoms with Gasteiger partial charge in [0.25, 0.3) is 5.91 Å². The Bertz CT molecular complexity index is 993. The molecule has 8 heteroatoms. The van der Waals surface area contributed by atoms with Gasteiger partial charge in [-0.05, 0) is 23.8 Å². The quantitative estimate of drug-likeness (QED) is 0.656. The average Bonchev–Trinajstić information content (AvgIpc) is 3.12. The van der Waals surface area contributed by atoms with Crippen molar-refractivity contribution >= 4 is 45.6 Å². The molecule has 0 fully saturated rings. The topological polar surface area (TPSA) is 60.5 Å². The Morgan fingerprint density at radius 3 is 2.85 bits per heavy atom. The third-order valence-electron chi connectivity index (χ3n) is 3.98. The molecule has 5 nitrogen and oxygen atoms in total. The first-order chi connectivity index (χ1) is 13.1. The van der Waals surface area contributed by atoms with Crippen LogP contribution < -0.4 is 14.8 Å². The Morgan fingerprint density at radius 2 is 2.00 bits per heavy atom. The number of fused-ring (bicyclic) bond motifs is 1. The van der Waals surface area contributed by atoms with Gasteiger partial charge in [0, 0.05) is 17.5 Å². The number of ether oxygens (including phenoxy) is 2. The third kappa shape index (κ3) is 4.03. The van der Waals surface area contributed by atoms with Gasteiger partial charge in [-0.2, -0.15) is 0 Å². The van der Waals surface area contributed by atoms with E-state index < -0.39 is 6.10 Å². The second kappa shape index (κ2) is 7.76. The van der Waals surface area contributed by atoms with E-state index in [-0.39, 0.29) is 12.5 Å². The van der Waals surface area contributed by atoms with Crippen molar-refractivity contribution in [3.05, 3.63) is 69.1 Å². The molecule has 1 amide bonds. The maximum atomic E-state index is 12.5. The van der Waals surface area contributed by atoms with E-state index in [0.29, 0.717) is 33.1 Å². The maximum Gasteiger partial charge on any atom is 0.270 e. The Labute approximate surface area is 169 Å². The number of rotatable bonds is 4. The summed E-state index contributed by atoms with van der Waals surface area (Å²) in [6.45, 7) is 0.152. The summed E-state index contributed by atoms with van der Waals surface area (Å²) in [4.78, 5) is 17.7. The summed E-state index contributed by atoms with van der Waals surface area (Å²) in [6, 6.07) is 12.8. The van der Waals surface area contributed by atoms with Crippen molar-refractivity contribution in [1.29, 1.82) is 0 Å². The van der Waals surface area contributed by atoms with Crippen molar-refractivity contribution in [3.63, 3.8) is 0 Å². The first-order valence-corrected chi connectivity index (χ1v) is 9.74. The number of aromatic nitrogens is 1. The molecule has 27 heavy (non-hydrogen) atoms. The summed E-state index contributed by atoms with van der Waals surface area (Å²) >= 11 is 13.7. The van der Waals surface area contributed by atoms with Crippen LogP contribution in [-0.2, 0) is 11.2 Å². The molecule has 138 valence electrons. The Morgan fingerprint density at radius 1 is 1.19 bits per heavy atom. The number of carbonyl (C=O) groups excluding carboxylic acids is 1. The first kappa shape index (κ1) is 18.1. The Hall–Kier alpha value is -2.28. The van der Waals surface area contributed by atoms with Crippen LogP contribution in [0.2, 0.25) is 10.0 Å². The van der Waals surface area contributed by atoms with E-state index in [4.69, 9.17) is 32.7 Å². The van der Waals surface area contributed by atoms with Gasteiger partial charge in [-0.25, -0.2) is 4.98 Å². The highest BCUT2D eigenvalue weighted by Gasteiger charge is 2.27. The third-order valence-corrected chi connectivity index (χ3v) is 5.75. The van der Waals surface area contributed by atoms with Crippen LogP contribution in [0.5, 0.6) is 11.5 Å². The Kier molecular flexibility index (Phi) is 5.20. The number of hydrogen-bond donors (Lipinski definition) is 1. The highest BCUT2D eigenvalue weighted by atomic mass is 35.5. The lowest BCUT2D eigenvalue weighted by atomic mass is 10.1. The normalized spacial score (nSPS) is 15.4. The van der Waals surface area contributed by atoms with Crippen molar-refractivity contribution in [3.8, 4) is 11.5 Å². The van der Waals surface area contributed by atoms with Gasteiger partial charge in [0.1, 0.15) is 6.61 Å². The van der Waals surface area contributed by atoms with Gasteiger partial charge in [-0.1, -0.05) is 47.5 Å². The minimum absolute atomic E-state index is 0.152. The van der Waals surface area contributed by atoms with E-state index in [2.05, 4.69) is 10.3 Å². The fraction of sp³-hybridized carbons (Fsp3) is 0.158. The summed E-state index contributed by atoms with van der Waals surface area (Å²) in [7, 11) is 0. The molecule has 1 atom stereocenters. The van der Waals surface area contributed by atoms with Gasteiger partial charge in [-0.15, -0.1) is 11.3 Å². The molecule has 2 aromatic carbocycles. The second-order valence-electron chi connectivity index (χ2n) is 5.87. The summed E-state index contributed by atoms with van der Waals surface area (Å²) in [5, 5.41) is 4.32. The maximum absolute atomic E-state index is 12.5. The van der Waals surface area contributed by atoms with Gasteiger partial charge in [0.15, 0.2) is 16.6 Å². The number of para-hydroxylation sites is 2. The molecule has 0 saturated carbocycles. The monoisotopic (exact) mass is 420 g/mol. The predicted octanol–water partition coefficient (Wildman–Crippen LogP) is 4.82. The van der Waals surface area contributed by atoms with E-state index in [1.807, 2.05) is 24.3 Å². The molecule has 1 unspecified atom stereocenters. The van der Waals surface area contributed by atoms with Crippen LogP contribution in [0.3, 0.4) is 0 Å². The molecule has 0 radical (unpaired) electrons. The molecule has 1 aliphatic heterocycles. The van der Waals surface area contributed by atoms with Crippen LogP contribution in [-0.4, -0.2) is 23.6 Å². The number of benzene rings is 2. The second-order valence-corrected chi connectivity index (χ2v) is 7.78. The number of halogens is 2. The molecule has 0 spiro atoms. The lowest BCUT2D eigenvalue weighted by Gasteiger charge is -2.25. The van der Waals surface area contributed by atoms with Crippen molar-refractivity contribution < 1.29 is 14.3 Å². The summed E-state index contributed by atoms with van der Waals surface area (Å²) in [5.41, 5.74) is 0.909. The average molecular weight is 421 g/mol. The van der Waals surface area contributed by atoms with E-state index in [1.54, 1.807) is 24.4 Å². The van der Waals surface area contributed by atoms with Crippen LogP contribution in [0.25, 0.3) is 0 Å². The Balaban J connectivity index is 1.41. The predicted molar refractivity (Wildman–Crippen MR) is 106 cm³/mol. The summed E-state index contributed by atoms with van der Waals surface area (Å²) in [6.07, 6.45) is 1.57. The lowest BCUT2D eigenvalue weighted by molar-refractivity contribution is -0.125. The van der Waals surface area contributed by atoms with Gasteiger partial charge >= 0.3 is 0 Å². The summed E-state index contributed by atoms with van der Waals surface area (Å²) < 4.78 is 11.3. The van der Waals surface area contributed by atoms with Crippen molar-refractivity contribution in [2.75, 3.05) is 11.9 Å². The van der Waals surface area contributed by atoms with Crippen LogP contribution in [0.15, 0.2) is 48.7 Å². The molecule has 1 N–H and O–H groups in total. The lowest BCUT2D eigenvalue weighted by Crippen LogP contribution is -2.40. The smallest absolute Gasteiger partial charge is 0.270 e. The van der Waals surface area contributed by atoms with Crippen molar-refractivity contribution in [2.24, 2.45) is 0 Å². The number of carbonyl (C=O) groups is 1. The van der Waals surface area contributed by atoms with Gasteiger partial charge in [-0.3, -0.25) is 10.1 Å². The van der Waals surface area contributed by atoms with Gasteiger partial charge < -0.3 is 9.47 Å². The molecule has 1 aliphatic rings. The van der Waals surface area contributed by atoms with Gasteiger partial charge in [0.2, 0.25) is 6.10 Å².